The van der Waals surface area contributed by atoms with Crippen molar-refractivity contribution in [3.05, 3.63) is 24.5 Å². The van der Waals surface area contributed by atoms with Crippen LogP contribution in [0.4, 0.5) is 5.69 Å². The first-order valence-electron chi connectivity index (χ1n) is 8.39. The van der Waals surface area contributed by atoms with E-state index in [1.165, 1.54) is 11.7 Å². The minimum absolute atomic E-state index is 0.577. The molecule has 0 bridgehead atoms. The van der Waals surface area contributed by atoms with Crippen molar-refractivity contribution in [3.8, 4) is 0 Å². The number of morpholine rings is 1. The maximum Gasteiger partial charge on any atom is 0.124 e. The van der Waals surface area contributed by atoms with Crippen molar-refractivity contribution < 1.29 is 9.47 Å². The molecule has 0 amide bonds. The Hall–Kier alpha value is -1.37. The predicted octanol–water partition coefficient (Wildman–Crippen LogP) is 3.19. The highest BCUT2D eigenvalue weighted by atomic mass is 28.3. The summed E-state index contributed by atoms with van der Waals surface area (Å²) in [4.78, 5) is 6.99. The van der Waals surface area contributed by atoms with Crippen LogP contribution in [-0.2, 0) is 16.2 Å². The quantitative estimate of drug-likeness (QED) is 0.601. The van der Waals surface area contributed by atoms with Gasteiger partial charge in [-0.1, -0.05) is 25.7 Å². The summed E-state index contributed by atoms with van der Waals surface area (Å²) in [7, 11) is -1.03. The van der Waals surface area contributed by atoms with Gasteiger partial charge in [0.15, 0.2) is 0 Å². The molecule has 1 saturated heterocycles. The van der Waals surface area contributed by atoms with Gasteiger partial charge in [0.05, 0.1) is 30.7 Å². The number of anilines is 1. The number of hydrogen-bond donors (Lipinski definition) is 0. The molecule has 5 nitrogen and oxygen atoms in total. The van der Waals surface area contributed by atoms with Crippen LogP contribution in [0.25, 0.3) is 11.0 Å². The van der Waals surface area contributed by atoms with Crippen molar-refractivity contribution in [1.29, 1.82) is 0 Å². The van der Waals surface area contributed by atoms with Crippen molar-refractivity contribution in [2.24, 2.45) is 0 Å². The summed E-state index contributed by atoms with van der Waals surface area (Å²) in [6.07, 6.45) is 1.89. The largest absolute Gasteiger partial charge is 0.378 e. The summed E-state index contributed by atoms with van der Waals surface area (Å²) in [5.74, 6) is 0. The number of benzene rings is 1. The number of ether oxygens (including phenoxy) is 2. The van der Waals surface area contributed by atoms with E-state index in [0.29, 0.717) is 6.73 Å². The smallest absolute Gasteiger partial charge is 0.124 e. The molecule has 3 rings (SSSR count). The van der Waals surface area contributed by atoms with Crippen LogP contribution in [-0.4, -0.2) is 50.5 Å². The molecule has 0 radical (unpaired) electrons. The molecule has 23 heavy (non-hydrogen) atoms. The highest BCUT2D eigenvalue weighted by molar-refractivity contribution is 6.76. The Morgan fingerprint density at radius 3 is 2.74 bits per heavy atom. The molecule has 126 valence electrons. The molecule has 2 aromatic rings. The van der Waals surface area contributed by atoms with E-state index in [2.05, 4.69) is 52.3 Å². The molecule has 0 aliphatic carbocycles. The summed E-state index contributed by atoms with van der Waals surface area (Å²) in [5.41, 5.74) is 3.40. The van der Waals surface area contributed by atoms with Crippen LogP contribution in [0.1, 0.15) is 0 Å². The first kappa shape index (κ1) is 16.5. The minimum Gasteiger partial charge on any atom is -0.378 e. The van der Waals surface area contributed by atoms with Gasteiger partial charge < -0.3 is 18.9 Å². The van der Waals surface area contributed by atoms with Gasteiger partial charge in [-0.3, -0.25) is 0 Å². The average molecular weight is 334 g/mol. The van der Waals surface area contributed by atoms with Crippen molar-refractivity contribution in [3.63, 3.8) is 0 Å². The number of fused-ring (bicyclic) bond motifs is 1. The first-order valence-corrected chi connectivity index (χ1v) is 12.1. The fourth-order valence-corrected chi connectivity index (χ4v) is 3.53. The van der Waals surface area contributed by atoms with Crippen LogP contribution in [0.5, 0.6) is 0 Å². The van der Waals surface area contributed by atoms with Gasteiger partial charge in [-0.05, 0) is 18.2 Å². The van der Waals surface area contributed by atoms with E-state index in [4.69, 9.17) is 9.47 Å². The lowest BCUT2D eigenvalue weighted by atomic mass is 10.2. The third kappa shape index (κ3) is 4.13. The summed E-state index contributed by atoms with van der Waals surface area (Å²) < 4.78 is 13.4. The summed E-state index contributed by atoms with van der Waals surface area (Å²) in [6, 6.07) is 7.57. The van der Waals surface area contributed by atoms with Crippen molar-refractivity contribution in [2.45, 2.75) is 32.4 Å². The summed E-state index contributed by atoms with van der Waals surface area (Å²) in [5, 5.41) is 0. The molecule has 0 unspecified atom stereocenters. The molecule has 1 aromatic carbocycles. The molecule has 2 heterocycles. The van der Waals surface area contributed by atoms with Gasteiger partial charge >= 0.3 is 0 Å². The van der Waals surface area contributed by atoms with Gasteiger partial charge in [0, 0.05) is 27.8 Å². The van der Waals surface area contributed by atoms with Crippen LogP contribution in [0.2, 0.25) is 25.7 Å². The van der Waals surface area contributed by atoms with E-state index in [-0.39, 0.29) is 0 Å². The zero-order chi connectivity index (χ0) is 16.3. The van der Waals surface area contributed by atoms with Crippen LogP contribution in [0.3, 0.4) is 0 Å². The maximum absolute atomic E-state index is 5.87. The predicted molar refractivity (Wildman–Crippen MR) is 96.9 cm³/mol. The fraction of sp³-hybridized carbons (Fsp3) is 0.588. The highest BCUT2D eigenvalue weighted by Crippen LogP contribution is 2.26. The summed E-state index contributed by atoms with van der Waals surface area (Å²) >= 11 is 0. The molecule has 0 spiro atoms. The number of rotatable bonds is 6. The number of para-hydroxylation sites is 1. The lowest BCUT2D eigenvalue weighted by Gasteiger charge is -2.29. The Kier molecular flexibility index (Phi) is 5.04. The van der Waals surface area contributed by atoms with Crippen LogP contribution in [0, 0.1) is 0 Å². The third-order valence-electron chi connectivity index (χ3n) is 4.21. The number of nitrogens with zero attached hydrogens (tertiary/aromatic N) is 3. The van der Waals surface area contributed by atoms with Gasteiger partial charge in [-0.15, -0.1) is 0 Å². The van der Waals surface area contributed by atoms with Gasteiger partial charge in [-0.2, -0.15) is 0 Å². The lowest BCUT2D eigenvalue weighted by molar-refractivity contribution is 0.0898. The normalized spacial score (nSPS) is 16.2. The SMILES string of the molecule is C[Si](C)(C)CCOCn1cnc2c(N3CCOCC3)cccc21. The second kappa shape index (κ2) is 7.03. The first-order chi connectivity index (χ1) is 11.0. The maximum atomic E-state index is 5.87. The second-order valence-corrected chi connectivity index (χ2v) is 12.9. The summed E-state index contributed by atoms with van der Waals surface area (Å²) in [6.45, 7) is 12.0. The van der Waals surface area contributed by atoms with Crippen molar-refractivity contribution >= 4 is 24.8 Å². The molecular weight excluding hydrogens is 306 g/mol. The molecule has 0 saturated carbocycles. The van der Waals surface area contributed by atoms with E-state index in [1.54, 1.807) is 0 Å². The third-order valence-corrected chi connectivity index (χ3v) is 5.91. The van der Waals surface area contributed by atoms with Gasteiger partial charge in [0.25, 0.3) is 0 Å². The van der Waals surface area contributed by atoms with Crippen LogP contribution >= 0.6 is 0 Å². The topological polar surface area (TPSA) is 39.5 Å². The molecule has 0 atom stereocenters. The Morgan fingerprint density at radius 2 is 2.00 bits per heavy atom. The van der Waals surface area contributed by atoms with Crippen LogP contribution in [0.15, 0.2) is 24.5 Å². The Labute approximate surface area is 139 Å². The molecule has 1 aliphatic heterocycles. The highest BCUT2D eigenvalue weighted by Gasteiger charge is 2.16. The van der Waals surface area contributed by atoms with E-state index < -0.39 is 8.07 Å². The fourth-order valence-electron chi connectivity index (χ4n) is 2.78. The molecule has 1 aromatic heterocycles. The Morgan fingerprint density at radius 1 is 1.22 bits per heavy atom. The second-order valence-electron chi connectivity index (χ2n) is 7.31. The molecular formula is C17H27N3O2Si. The van der Waals surface area contributed by atoms with E-state index >= 15 is 0 Å². The number of aromatic nitrogens is 2. The van der Waals surface area contributed by atoms with Gasteiger partial charge in [-0.25, -0.2) is 4.98 Å². The van der Waals surface area contributed by atoms with Crippen molar-refractivity contribution in [2.75, 3.05) is 37.8 Å². The lowest BCUT2D eigenvalue weighted by Crippen LogP contribution is -2.36. The molecule has 1 aliphatic rings. The van der Waals surface area contributed by atoms with Gasteiger partial charge in [0.2, 0.25) is 0 Å². The van der Waals surface area contributed by atoms with Gasteiger partial charge in [0.1, 0.15) is 12.2 Å². The van der Waals surface area contributed by atoms with Crippen molar-refractivity contribution in [1.82, 2.24) is 9.55 Å². The van der Waals surface area contributed by atoms with E-state index in [0.717, 1.165) is 43.9 Å². The molecule has 6 heteroatoms. The molecule has 1 fully saturated rings. The average Bonchev–Trinajstić information content (AvgIpc) is 2.95. The zero-order valence-corrected chi connectivity index (χ0v) is 15.4. The standard InChI is InChI=1S/C17H27N3O2Si/c1-23(2,3)12-11-22-14-20-13-18-17-15(5-4-6-16(17)20)19-7-9-21-10-8-19/h4-6,13H,7-12,14H2,1-3H3. The van der Waals surface area contributed by atoms with E-state index in [9.17, 15) is 0 Å². The minimum atomic E-state index is -1.03. The molecule has 0 N–H and O–H groups in total. The van der Waals surface area contributed by atoms with Crippen LogP contribution < -0.4 is 4.90 Å². The Bertz CT molecular complexity index is 645. The Balaban J connectivity index is 1.70. The van der Waals surface area contributed by atoms with E-state index in [1.807, 2.05) is 6.33 Å². The monoisotopic (exact) mass is 333 g/mol. The zero-order valence-electron chi connectivity index (χ0n) is 14.4. The number of hydrogen-bond acceptors (Lipinski definition) is 4. The number of imidazole rings is 1.